The van der Waals surface area contributed by atoms with E-state index in [9.17, 15) is 4.79 Å². The Labute approximate surface area is 38.9 Å². The normalized spacial score (nSPS) is 5.43. The molecule has 0 fully saturated rings. The molecule has 0 saturated heterocycles. The molecule has 0 saturated carbocycles. The number of carboxylic acids is 1. The Balaban J connectivity index is 0. The number of hydrogen-bond acceptors (Lipinski definition) is 1. The lowest BCUT2D eigenvalue weighted by atomic mass is 10.7. The molecule has 0 aliphatic rings. The molecule has 42 valence electrons. The van der Waals surface area contributed by atoms with Crippen LogP contribution in [0.3, 0.4) is 0 Å². The van der Waals surface area contributed by atoms with Crippen LogP contribution in [0.25, 0.3) is 0 Å². The van der Waals surface area contributed by atoms with Crippen LogP contribution in [0.15, 0.2) is 12.7 Å². The third kappa shape index (κ3) is 41.7. The second-order valence-electron chi connectivity index (χ2n) is 0.542. The van der Waals surface area contributed by atoms with Gasteiger partial charge in [0.15, 0.2) is 0 Å². The predicted octanol–water partition coefficient (Wildman–Crippen LogP) is 1.10. The first-order valence-corrected chi connectivity index (χ1v) is 1.27. The zero-order valence-electron chi connectivity index (χ0n) is 3.40. The van der Waals surface area contributed by atoms with E-state index in [-0.39, 0.29) is 0 Å². The molecule has 4 heteroatoms. The zero-order valence-corrected chi connectivity index (χ0v) is 3.40. The van der Waals surface area contributed by atoms with E-state index in [4.69, 9.17) is 14.3 Å². The molecule has 0 aromatic rings. The molecule has 0 spiro atoms. The van der Waals surface area contributed by atoms with Crippen LogP contribution in [0.4, 0.5) is 9.15 Å². The largest absolute Gasteiger partial charge is 0.478 e. The fraction of sp³-hybridized carbons (Fsp3) is 0. The molecule has 0 amide bonds. The molecule has 0 heterocycles. The van der Waals surface area contributed by atoms with Gasteiger partial charge in [-0.25, -0.2) is 4.79 Å². The molecule has 0 aromatic heterocycles. The van der Waals surface area contributed by atoms with Gasteiger partial charge < -0.3 is 5.11 Å². The zero-order chi connectivity index (χ0) is 6.28. The van der Waals surface area contributed by atoms with Crippen LogP contribution in [0.2, 0.25) is 0 Å². The average Bonchev–Trinajstić information content (AvgIpc) is 1.73. The maximum Gasteiger partial charge on any atom is 0.327 e. The van der Waals surface area contributed by atoms with Gasteiger partial charge in [0.25, 0.3) is 0 Å². The second kappa shape index (κ2) is 8.91. The smallest absolute Gasteiger partial charge is 0.327 e. The Morgan fingerprint density at radius 2 is 1.86 bits per heavy atom. The summed E-state index contributed by atoms with van der Waals surface area (Å²) in [5.41, 5.74) is 0. The molecule has 0 rings (SSSR count). The van der Waals surface area contributed by atoms with Gasteiger partial charge in [-0.3, -0.25) is 0 Å². The first-order chi connectivity index (χ1) is 3.27. The standard InChI is InChI=1S/C3H4O2.F2/c1-2-3(4)5;1-2/h2H,1H2,(H,4,5);. The van der Waals surface area contributed by atoms with Gasteiger partial charge in [0.1, 0.15) is 0 Å². The molecular formula is C3H4F2O2. The highest BCUT2D eigenvalue weighted by Crippen LogP contribution is 1.54. The van der Waals surface area contributed by atoms with E-state index in [0.29, 0.717) is 0 Å². The lowest BCUT2D eigenvalue weighted by molar-refractivity contribution is -0.131. The van der Waals surface area contributed by atoms with Crippen molar-refractivity contribution < 1.29 is 19.0 Å². The number of aliphatic carboxylic acids is 1. The Morgan fingerprint density at radius 3 is 1.86 bits per heavy atom. The van der Waals surface area contributed by atoms with Gasteiger partial charge in [0.05, 0.1) is 0 Å². The summed E-state index contributed by atoms with van der Waals surface area (Å²) in [5, 5.41) is 7.60. The van der Waals surface area contributed by atoms with Crippen molar-refractivity contribution in [1.29, 1.82) is 0 Å². The Bertz CT molecular complexity index is 62.0. The number of halogens is 2. The van der Waals surface area contributed by atoms with Crippen molar-refractivity contribution in [3.63, 3.8) is 0 Å². The van der Waals surface area contributed by atoms with E-state index in [0.717, 1.165) is 6.08 Å². The molecule has 0 atom stereocenters. The van der Waals surface area contributed by atoms with E-state index in [1.165, 1.54) is 0 Å². The van der Waals surface area contributed by atoms with Crippen molar-refractivity contribution in [2.45, 2.75) is 0 Å². The highest BCUT2D eigenvalue weighted by Gasteiger charge is 1.73. The van der Waals surface area contributed by atoms with E-state index in [2.05, 4.69) is 6.58 Å². The van der Waals surface area contributed by atoms with E-state index in [1.54, 1.807) is 0 Å². The van der Waals surface area contributed by atoms with Gasteiger partial charge in [-0.15, -0.1) is 0 Å². The van der Waals surface area contributed by atoms with Crippen molar-refractivity contribution >= 4 is 5.97 Å². The van der Waals surface area contributed by atoms with E-state index >= 15 is 0 Å². The van der Waals surface area contributed by atoms with Gasteiger partial charge in [0, 0.05) is 15.2 Å². The maximum atomic E-state index is 9.25. The first kappa shape index (κ1) is 9.42. The van der Waals surface area contributed by atoms with Crippen molar-refractivity contribution in [2.75, 3.05) is 0 Å². The number of hydrogen-bond donors (Lipinski definition) is 1. The van der Waals surface area contributed by atoms with Gasteiger partial charge in [-0.1, -0.05) is 6.58 Å². The molecule has 2 nitrogen and oxygen atoms in total. The third-order valence-corrected chi connectivity index (χ3v) is 0.175. The van der Waals surface area contributed by atoms with Crippen LogP contribution >= 0.6 is 0 Å². The topological polar surface area (TPSA) is 37.3 Å². The number of carboxylic acid groups (broad SMARTS) is 1. The van der Waals surface area contributed by atoms with E-state index in [1.807, 2.05) is 0 Å². The highest BCUT2D eigenvalue weighted by molar-refractivity contribution is 5.78. The second-order valence-corrected chi connectivity index (χ2v) is 0.542. The number of carbonyl (C=O) groups is 1. The van der Waals surface area contributed by atoms with Crippen molar-refractivity contribution in [1.82, 2.24) is 0 Å². The molecule has 7 heavy (non-hydrogen) atoms. The predicted molar refractivity (Wildman–Crippen MR) is 20.0 cm³/mol. The minimum absolute atomic E-state index is 0.833. The summed E-state index contributed by atoms with van der Waals surface area (Å²) in [4.78, 5) is 9.25. The Kier molecular flexibility index (Phi) is 12.0. The van der Waals surface area contributed by atoms with E-state index < -0.39 is 5.97 Å². The molecular weight excluding hydrogens is 106 g/mol. The fourth-order valence-corrected chi connectivity index (χ4v) is 0. The minimum atomic E-state index is -0.981. The maximum absolute atomic E-state index is 9.25. The Morgan fingerprint density at radius 1 is 1.71 bits per heavy atom. The molecule has 0 aliphatic carbocycles. The summed E-state index contributed by atoms with van der Waals surface area (Å²) in [5.74, 6) is -0.981. The van der Waals surface area contributed by atoms with Crippen molar-refractivity contribution in [3.05, 3.63) is 12.7 Å². The summed E-state index contributed by atoms with van der Waals surface area (Å²) in [7, 11) is 0. The third-order valence-electron chi connectivity index (χ3n) is 0.175. The summed E-state index contributed by atoms with van der Waals surface area (Å²) in [6.07, 6.45) is 0.833. The monoisotopic (exact) mass is 110 g/mol. The number of rotatable bonds is 1. The van der Waals surface area contributed by atoms with Crippen LogP contribution in [0.1, 0.15) is 0 Å². The molecule has 0 aliphatic heterocycles. The minimum Gasteiger partial charge on any atom is -0.478 e. The molecule has 1 N–H and O–H groups in total. The first-order valence-electron chi connectivity index (χ1n) is 1.27. The van der Waals surface area contributed by atoms with Gasteiger partial charge >= 0.3 is 5.97 Å². The highest BCUT2D eigenvalue weighted by atomic mass is 20.0. The van der Waals surface area contributed by atoms with Crippen LogP contribution in [0.5, 0.6) is 0 Å². The van der Waals surface area contributed by atoms with Crippen LogP contribution in [0, 0.1) is 0 Å². The van der Waals surface area contributed by atoms with Gasteiger partial charge in [-0.2, -0.15) is 0 Å². The van der Waals surface area contributed by atoms with Crippen LogP contribution < -0.4 is 0 Å². The Hall–Kier alpha value is -0.930. The molecule has 0 radical (unpaired) electrons. The van der Waals surface area contributed by atoms with Crippen molar-refractivity contribution in [2.24, 2.45) is 0 Å². The van der Waals surface area contributed by atoms with Crippen LogP contribution in [-0.4, -0.2) is 11.1 Å². The quantitative estimate of drug-likeness (QED) is 0.513. The van der Waals surface area contributed by atoms with Gasteiger partial charge in [0.2, 0.25) is 0 Å². The fourth-order valence-electron chi connectivity index (χ4n) is 0. The van der Waals surface area contributed by atoms with Crippen molar-refractivity contribution in [3.8, 4) is 0 Å². The summed E-state index contributed by atoms with van der Waals surface area (Å²) < 4.78 is 16.0. The summed E-state index contributed by atoms with van der Waals surface area (Å²) >= 11 is 0. The summed E-state index contributed by atoms with van der Waals surface area (Å²) in [6, 6.07) is 0. The molecule has 0 unspecified atom stereocenters. The van der Waals surface area contributed by atoms with Crippen LogP contribution in [-0.2, 0) is 4.79 Å². The molecule has 0 bridgehead atoms. The molecule has 0 aromatic carbocycles. The lowest BCUT2D eigenvalue weighted by Gasteiger charge is -1.64. The summed E-state index contributed by atoms with van der Waals surface area (Å²) in [6.45, 7) is 2.96. The lowest BCUT2D eigenvalue weighted by Crippen LogP contribution is -1.82. The van der Waals surface area contributed by atoms with Gasteiger partial charge in [-0.05, 0) is 0 Å². The SMILES string of the molecule is C=CC(=O)O.FF. The average molecular weight is 110 g/mol.